The maximum Gasteiger partial charge on any atom is 1.00 e. The number of benzene rings is 1. The molecule has 1 aromatic carbocycles. The largest absolute Gasteiger partial charge is 1.00 e. The van der Waals surface area contributed by atoms with Gasteiger partial charge in [-0.2, -0.15) is 4.99 Å². The molecule has 0 aromatic heterocycles. The van der Waals surface area contributed by atoms with Crippen molar-refractivity contribution in [2.75, 3.05) is 0 Å². The van der Waals surface area contributed by atoms with Crippen molar-refractivity contribution in [3.63, 3.8) is 0 Å². The summed E-state index contributed by atoms with van der Waals surface area (Å²) in [5.41, 5.74) is -1.45. The van der Waals surface area contributed by atoms with E-state index in [1.807, 2.05) is 5.16 Å². The normalized spacial score (nSPS) is 22.5. The third-order valence-electron chi connectivity index (χ3n) is 4.38. The van der Waals surface area contributed by atoms with Crippen molar-refractivity contribution in [1.82, 2.24) is 5.32 Å². The van der Waals surface area contributed by atoms with E-state index in [4.69, 9.17) is 0 Å². The minimum atomic E-state index is -5.75. The molecule has 1 aliphatic carbocycles. The molecule has 2 rings (SSSR count). The molecule has 1 aliphatic rings. The van der Waals surface area contributed by atoms with Crippen molar-refractivity contribution < 1.29 is 89.9 Å². The SMILES string of the molecule is CC(=O)NC1(N=C=S)C=CC(C=Cc2ccccc2)C(S(=O)(=O)[O-])(S(=O)(=O)[O-])C1.[Na+].[Na+]. The quantitative estimate of drug-likeness (QED) is 0.133. The second kappa shape index (κ2) is 11.8. The Morgan fingerprint density at radius 3 is 2.19 bits per heavy atom. The van der Waals surface area contributed by atoms with Crippen LogP contribution < -0.4 is 64.4 Å². The molecule has 0 spiro atoms. The summed E-state index contributed by atoms with van der Waals surface area (Å²) in [6, 6.07) is 8.42. The Morgan fingerprint density at radius 1 is 1.19 bits per heavy atom. The molecule has 0 saturated heterocycles. The van der Waals surface area contributed by atoms with Crippen LogP contribution in [0, 0.1) is 5.92 Å². The van der Waals surface area contributed by atoms with Crippen LogP contribution in [0.1, 0.15) is 18.9 Å². The van der Waals surface area contributed by atoms with Crippen molar-refractivity contribution in [3.05, 3.63) is 54.1 Å². The average Bonchev–Trinajstić information content (AvgIpc) is 2.59. The van der Waals surface area contributed by atoms with Gasteiger partial charge in [-0.1, -0.05) is 48.6 Å². The number of aliphatic imine (C=N–C) groups is 1. The van der Waals surface area contributed by atoms with Gasteiger partial charge in [-0.25, -0.2) is 16.8 Å². The number of isothiocyanates is 1. The molecule has 2 unspecified atom stereocenters. The molecule has 1 N–H and O–H groups in total. The first-order valence-electron chi connectivity index (χ1n) is 8.08. The predicted molar refractivity (Wildman–Crippen MR) is 106 cm³/mol. The summed E-state index contributed by atoms with van der Waals surface area (Å²) in [4.78, 5) is 15.2. The number of hydrogen-bond donors (Lipinski definition) is 1. The molecule has 0 heterocycles. The molecule has 9 nitrogen and oxygen atoms in total. The number of carbonyl (C=O) groups excluding carboxylic acids is 1. The molecule has 0 aliphatic heterocycles. The first kappa shape index (κ1) is 30.8. The smallest absolute Gasteiger partial charge is 0.747 e. The van der Waals surface area contributed by atoms with Crippen molar-refractivity contribution in [2.24, 2.45) is 10.9 Å². The van der Waals surface area contributed by atoms with E-state index in [2.05, 4.69) is 22.5 Å². The number of amides is 1. The van der Waals surface area contributed by atoms with Gasteiger partial charge in [0.25, 0.3) is 0 Å². The first-order chi connectivity index (χ1) is 13.4. The Hall–Kier alpha value is -0.210. The Kier molecular flexibility index (Phi) is 11.7. The maximum atomic E-state index is 12.2. The van der Waals surface area contributed by atoms with Crippen LogP contribution in [0.3, 0.4) is 0 Å². The van der Waals surface area contributed by atoms with Gasteiger partial charge in [0.1, 0.15) is 20.2 Å². The fourth-order valence-electron chi connectivity index (χ4n) is 3.16. The van der Waals surface area contributed by atoms with E-state index >= 15 is 0 Å². The van der Waals surface area contributed by atoms with Crippen molar-refractivity contribution in [2.45, 2.75) is 23.1 Å². The number of nitrogens with zero attached hydrogens (tertiary/aromatic N) is 1. The molecule has 0 saturated carbocycles. The molecule has 31 heavy (non-hydrogen) atoms. The summed E-state index contributed by atoms with van der Waals surface area (Å²) >= 11 is 4.49. The molecule has 1 aromatic rings. The maximum absolute atomic E-state index is 12.2. The van der Waals surface area contributed by atoms with Gasteiger partial charge in [0.15, 0.2) is 9.74 Å². The van der Waals surface area contributed by atoms with E-state index in [1.165, 1.54) is 12.2 Å². The molecular weight excluding hydrogens is 486 g/mol. The molecule has 1 amide bonds. The number of rotatable bonds is 6. The molecule has 0 bridgehead atoms. The van der Waals surface area contributed by atoms with Crippen LogP contribution in [-0.4, -0.2) is 46.8 Å². The van der Waals surface area contributed by atoms with Crippen LogP contribution in [0.5, 0.6) is 0 Å². The Morgan fingerprint density at radius 2 is 1.74 bits per heavy atom. The first-order valence-corrected chi connectivity index (χ1v) is 11.3. The van der Waals surface area contributed by atoms with E-state index in [0.29, 0.717) is 5.56 Å². The predicted octanol–water partition coefficient (Wildman–Crippen LogP) is -4.99. The number of allylic oxidation sites excluding steroid dienone is 2. The summed E-state index contributed by atoms with van der Waals surface area (Å²) in [6.07, 6.45) is 3.58. The summed E-state index contributed by atoms with van der Waals surface area (Å²) in [5.74, 6) is -2.35. The summed E-state index contributed by atoms with van der Waals surface area (Å²) < 4.78 is 69.5. The number of carbonyl (C=O) groups is 1. The second-order valence-corrected chi connectivity index (χ2v) is 10.1. The van der Waals surface area contributed by atoms with Crippen LogP contribution in [0.25, 0.3) is 6.08 Å². The van der Waals surface area contributed by atoms with Gasteiger partial charge < -0.3 is 14.4 Å². The fraction of sp³-hybridized carbons (Fsp3) is 0.294. The third-order valence-corrected chi connectivity index (χ3v) is 8.22. The standard InChI is InChI=1S/C17H18N2O7S3.2Na/c1-13(20)19-16(18-12-27)10-9-15(8-7-14-5-3-2-4-6-14)17(11-16,28(21,22)23)29(24,25)26;;/h2-10,15H,11H2,1H3,(H,19,20)(H,21,22,23)(H,24,25,26);;/q;2*+1/p-2. The molecular formula is C17H16N2Na2O7S3. The van der Waals surface area contributed by atoms with Gasteiger partial charge in [-0.05, 0) is 23.9 Å². The second-order valence-electron chi connectivity index (χ2n) is 6.36. The van der Waals surface area contributed by atoms with E-state index in [0.717, 1.165) is 19.1 Å². The van der Waals surface area contributed by atoms with Crippen molar-refractivity contribution >= 4 is 49.6 Å². The topological polar surface area (TPSA) is 156 Å². The monoisotopic (exact) mass is 502 g/mol. The summed E-state index contributed by atoms with van der Waals surface area (Å²) in [5, 5.41) is 4.16. The van der Waals surface area contributed by atoms with Crippen LogP contribution in [-0.2, 0) is 25.0 Å². The van der Waals surface area contributed by atoms with E-state index in [1.54, 1.807) is 30.3 Å². The van der Waals surface area contributed by atoms with Crippen LogP contribution in [0.15, 0.2) is 53.6 Å². The molecule has 0 fully saturated rings. The Bertz CT molecular complexity index is 1080. The van der Waals surface area contributed by atoms with Gasteiger partial charge in [0.05, 0.1) is 5.16 Å². The summed E-state index contributed by atoms with van der Waals surface area (Å²) in [7, 11) is -11.5. The molecule has 156 valence electrons. The Balaban J connectivity index is 0.00000450. The van der Waals surface area contributed by atoms with Crippen molar-refractivity contribution in [3.8, 4) is 0 Å². The van der Waals surface area contributed by atoms with Crippen LogP contribution in [0.2, 0.25) is 0 Å². The van der Waals surface area contributed by atoms with Crippen LogP contribution in [0.4, 0.5) is 0 Å². The van der Waals surface area contributed by atoms with Gasteiger partial charge in [-0.15, -0.1) is 0 Å². The van der Waals surface area contributed by atoms with E-state index in [9.17, 15) is 30.7 Å². The third kappa shape index (κ3) is 6.89. The number of nitrogens with one attached hydrogen (secondary N) is 1. The number of hydrogen-bond acceptors (Lipinski definition) is 9. The van der Waals surface area contributed by atoms with Gasteiger partial charge >= 0.3 is 59.1 Å². The zero-order valence-corrected chi connectivity index (χ0v) is 23.5. The summed E-state index contributed by atoms with van der Waals surface area (Å²) in [6.45, 7) is 1.06. The molecule has 0 radical (unpaired) electrons. The Labute approximate surface area is 230 Å². The van der Waals surface area contributed by atoms with Gasteiger partial charge in [-0.3, -0.25) is 4.79 Å². The minimum Gasteiger partial charge on any atom is -0.747 e. The molecule has 2 atom stereocenters. The zero-order valence-electron chi connectivity index (χ0n) is 17.0. The van der Waals surface area contributed by atoms with E-state index < -0.39 is 48.2 Å². The molecule has 14 heteroatoms. The minimum absolute atomic E-state index is 0. The van der Waals surface area contributed by atoms with Crippen LogP contribution >= 0.6 is 12.2 Å². The zero-order chi connectivity index (χ0) is 21.9. The fourth-order valence-corrected chi connectivity index (χ4v) is 6.10. The van der Waals surface area contributed by atoms with Crippen molar-refractivity contribution in [1.29, 1.82) is 0 Å². The van der Waals surface area contributed by atoms with E-state index in [-0.39, 0.29) is 59.1 Å². The average molecular weight is 503 g/mol. The number of thiocarbonyl (C=S) groups is 1. The van der Waals surface area contributed by atoms with Gasteiger partial charge in [0.2, 0.25) is 5.91 Å². The van der Waals surface area contributed by atoms with Gasteiger partial charge in [0, 0.05) is 19.3 Å².